The molecule has 0 spiro atoms. The number of alkyl halides is 1. The normalized spacial score (nSPS) is 22.2. The van der Waals surface area contributed by atoms with Crippen LogP contribution in [-0.2, 0) is 0 Å². The molecule has 1 fully saturated rings. The summed E-state index contributed by atoms with van der Waals surface area (Å²) < 4.78 is 0. The Hall–Kier alpha value is 0.400. The first-order valence-corrected chi connectivity index (χ1v) is 6.12. The monoisotopic (exact) mass is 249 g/mol. The topological polar surface area (TPSA) is 23.5 Å². The van der Waals surface area contributed by atoms with E-state index in [-0.39, 0.29) is 6.10 Å². The second kappa shape index (κ2) is 4.76. The highest BCUT2D eigenvalue weighted by Gasteiger charge is 2.23. The second-order valence-corrected chi connectivity index (χ2v) is 5.37. The highest BCUT2D eigenvalue weighted by molar-refractivity contribution is 9.09. The lowest BCUT2D eigenvalue weighted by molar-refractivity contribution is 0.0672. The van der Waals surface area contributed by atoms with Crippen molar-refractivity contribution in [3.63, 3.8) is 0 Å². The predicted octanol–water partition coefficient (Wildman–Crippen LogP) is 1.86. The maximum Gasteiger partial charge on any atom is 0.0564 e. The average Bonchev–Trinajstić information content (AvgIpc) is 2.09. The van der Waals surface area contributed by atoms with Crippen molar-refractivity contribution in [1.29, 1.82) is 0 Å². The van der Waals surface area contributed by atoms with E-state index in [0.717, 1.165) is 37.8 Å². The summed E-state index contributed by atoms with van der Waals surface area (Å²) in [5.41, 5.74) is 0.349. The van der Waals surface area contributed by atoms with Crippen LogP contribution in [0.2, 0.25) is 0 Å². The third-order valence-corrected chi connectivity index (χ3v) is 4.09. The summed E-state index contributed by atoms with van der Waals surface area (Å²) in [6, 6.07) is 0. The maximum absolute atomic E-state index is 9.35. The summed E-state index contributed by atoms with van der Waals surface area (Å²) in [4.78, 5) is 2.45. The van der Waals surface area contributed by atoms with E-state index in [1.165, 1.54) is 0 Å². The standard InChI is InChI=1S/C10H20BrNO/c1-10(2,7-11)8-12-5-3-9(13)4-6-12/h9,13H,3-8H2,1-2H3. The first kappa shape index (κ1) is 11.5. The van der Waals surface area contributed by atoms with Gasteiger partial charge in [-0.1, -0.05) is 29.8 Å². The molecule has 1 aliphatic rings. The van der Waals surface area contributed by atoms with Gasteiger partial charge in [-0.05, 0) is 18.3 Å². The first-order valence-electron chi connectivity index (χ1n) is 5.00. The molecule has 1 saturated heterocycles. The summed E-state index contributed by atoms with van der Waals surface area (Å²) >= 11 is 3.53. The molecular weight excluding hydrogens is 230 g/mol. The lowest BCUT2D eigenvalue weighted by atomic mass is 9.94. The first-order chi connectivity index (χ1) is 6.03. The third kappa shape index (κ3) is 3.96. The summed E-state index contributed by atoms with van der Waals surface area (Å²) in [6.07, 6.45) is 1.83. The Bertz CT molecular complexity index is 153. The van der Waals surface area contributed by atoms with Crippen LogP contribution >= 0.6 is 15.9 Å². The molecule has 1 rings (SSSR count). The van der Waals surface area contributed by atoms with Crippen molar-refractivity contribution >= 4 is 15.9 Å². The van der Waals surface area contributed by atoms with E-state index in [1.54, 1.807) is 0 Å². The number of halogens is 1. The number of rotatable bonds is 3. The lowest BCUT2D eigenvalue weighted by Gasteiger charge is -2.35. The zero-order valence-corrected chi connectivity index (χ0v) is 10.2. The molecule has 13 heavy (non-hydrogen) atoms. The van der Waals surface area contributed by atoms with Crippen molar-refractivity contribution in [3.05, 3.63) is 0 Å². The van der Waals surface area contributed by atoms with E-state index in [9.17, 15) is 5.11 Å². The van der Waals surface area contributed by atoms with Gasteiger partial charge in [0.2, 0.25) is 0 Å². The van der Waals surface area contributed by atoms with Crippen LogP contribution in [0.1, 0.15) is 26.7 Å². The second-order valence-electron chi connectivity index (χ2n) is 4.81. The number of piperidine rings is 1. The minimum Gasteiger partial charge on any atom is -0.393 e. The molecule has 0 aromatic heterocycles. The summed E-state index contributed by atoms with van der Waals surface area (Å²) in [6.45, 7) is 7.78. The molecular formula is C10H20BrNO. The maximum atomic E-state index is 9.35. The largest absolute Gasteiger partial charge is 0.393 e. The molecule has 0 radical (unpaired) electrons. The number of hydrogen-bond acceptors (Lipinski definition) is 2. The van der Waals surface area contributed by atoms with E-state index in [0.29, 0.717) is 5.41 Å². The summed E-state index contributed by atoms with van der Waals surface area (Å²) in [5, 5.41) is 10.4. The van der Waals surface area contributed by atoms with Gasteiger partial charge in [-0.15, -0.1) is 0 Å². The minimum absolute atomic E-state index is 0.0525. The number of aliphatic hydroxyl groups is 1. The molecule has 1 heterocycles. The van der Waals surface area contributed by atoms with Crippen LogP contribution in [-0.4, -0.2) is 41.1 Å². The van der Waals surface area contributed by atoms with Crippen molar-refractivity contribution < 1.29 is 5.11 Å². The fourth-order valence-corrected chi connectivity index (χ4v) is 1.90. The van der Waals surface area contributed by atoms with Crippen LogP contribution in [0, 0.1) is 5.41 Å². The van der Waals surface area contributed by atoms with Crippen LogP contribution in [0.3, 0.4) is 0 Å². The van der Waals surface area contributed by atoms with E-state index >= 15 is 0 Å². The zero-order chi connectivity index (χ0) is 9.90. The predicted molar refractivity (Wildman–Crippen MR) is 59.3 cm³/mol. The molecule has 0 unspecified atom stereocenters. The molecule has 0 atom stereocenters. The summed E-state index contributed by atoms with van der Waals surface area (Å²) in [5.74, 6) is 0. The molecule has 0 bridgehead atoms. The smallest absolute Gasteiger partial charge is 0.0564 e. The van der Waals surface area contributed by atoms with Crippen LogP contribution in [0.4, 0.5) is 0 Å². The Morgan fingerprint density at radius 1 is 1.38 bits per heavy atom. The Morgan fingerprint density at radius 3 is 2.38 bits per heavy atom. The summed E-state index contributed by atoms with van der Waals surface area (Å²) in [7, 11) is 0. The van der Waals surface area contributed by atoms with Crippen LogP contribution in [0.25, 0.3) is 0 Å². The molecule has 1 aliphatic heterocycles. The van der Waals surface area contributed by atoms with Crippen molar-refractivity contribution in [2.45, 2.75) is 32.8 Å². The minimum atomic E-state index is -0.0525. The van der Waals surface area contributed by atoms with Gasteiger partial charge in [0.15, 0.2) is 0 Å². The third-order valence-electron chi connectivity index (χ3n) is 2.57. The van der Waals surface area contributed by atoms with Crippen molar-refractivity contribution in [2.75, 3.05) is 25.0 Å². The molecule has 3 heteroatoms. The van der Waals surface area contributed by atoms with Gasteiger partial charge < -0.3 is 10.0 Å². The van der Waals surface area contributed by atoms with Gasteiger partial charge in [-0.2, -0.15) is 0 Å². The Balaban J connectivity index is 2.30. The molecule has 0 saturated carbocycles. The van der Waals surface area contributed by atoms with Gasteiger partial charge >= 0.3 is 0 Å². The van der Waals surface area contributed by atoms with Crippen molar-refractivity contribution in [1.82, 2.24) is 4.90 Å². The fourth-order valence-electron chi connectivity index (χ4n) is 1.73. The Kier molecular flexibility index (Phi) is 4.20. The number of hydrogen-bond donors (Lipinski definition) is 1. The van der Waals surface area contributed by atoms with Crippen molar-refractivity contribution in [2.24, 2.45) is 5.41 Å². The van der Waals surface area contributed by atoms with Crippen molar-refractivity contribution in [3.8, 4) is 0 Å². The lowest BCUT2D eigenvalue weighted by Crippen LogP contribution is -2.41. The molecule has 1 N–H and O–H groups in total. The molecule has 0 aliphatic carbocycles. The SMILES string of the molecule is CC(C)(CBr)CN1CCC(O)CC1. The number of aliphatic hydroxyl groups excluding tert-OH is 1. The highest BCUT2D eigenvalue weighted by atomic mass is 79.9. The highest BCUT2D eigenvalue weighted by Crippen LogP contribution is 2.22. The van der Waals surface area contributed by atoms with E-state index in [1.807, 2.05) is 0 Å². The van der Waals surface area contributed by atoms with E-state index in [4.69, 9.17) is 0 Å². The molecule has 0 aromatic carbocycles. The van der Waals surface area contributed by atoms with Crippen LogP contribution in [0.5, 0.6) is 0 Å². The van der Waals surface area contributed by atoms with Crippen LogP contribution in [0.15, 0.2) is 0 Å². The number of likely N-dealkylation sites (tertiary alicyclic amines) is 1. The van der Waals surface area contributed by atoms with Crippen LogP contribution < -0.4 is 0 Å². The van der Waals surface area contributed by atoms with Gasteiger partial charge in [0.1, 0.15) is 0 Å². The van der Waals surface area contributed by atoms with Gasteiger partial charge in [0, 0.05) is 25.0 Å². The zero-order valence-electron chi connectivity index (χ0n) is 8.59. The molecule has 78 valence electrons. The van der Waals surface area contributed by atoms with E-state index in [2.05, 4.69) is 34.7 Å². The molecule has 0 amide bonds. The molecule has 0 aromatic rings. The quantitative estimate of drug-likeness (QED) is 0.773. The van der Waals surface area contributed by atoms with Gasteiger partial charge in [-0.3, -0.25) is 0 Å². The Labute approximate surface area is 89.4 Å². The Morgan fingerprint density at radius 2 is 1.92 bits per heavy atom. The average molecular weight is 250 g/mol. The number of nitrogens with zero attached hydrogens (tertiary/aromatic N) is 1. The fraction of sp³-hybridized carbons (Fsp3) is 1.00. The van der Waals surface area contributed by atoms with E-state index < -0.39 is 0 Å². The van der Waals surface area contributed by atoms with Gasteiger partial charge in [0.25, 0.3) is 0 Å². The van der Waals surface area contributed by atoms with Gasteiger partial charge in [0.05, 0.1) is 6.10 Å². The van der Waals surface area contributed by atoms with Gasteiger partial charge in [-0.25, -0.2) is 0 Å². The molecule has 2 nitrogen and oxygen atoms in total.